The van der Waals surface area contributed by atoms with Crippen LogP contribution in [0.15, 0.2) is 12.3 Å². The molecule has 0 bridgehead atoms. The second kappa shape index (κ2) is 5.90. The maximum atomic E-state index is 12.4. The van der Waals surface area contributed by atoms with Crippen molar-refractivity contribution in [1.82, 2.24) is 4.98 Å². The van der Waals surface area contributed by atoms with Gasteiger partial charge in [-0.2, -0.15) is 13.2 Å². The third-order valence-electron chi connectivity index (χ3n) is 2.34. The Bertz CT molecular complexity index is 394. The summed E-state index contributed by atoms with van der Waals surface area (Å²) < 4.78 is 37.3. The minimum absolute atomic E-state index is 0.167. The molecule has 0 aliphatic heterocycles. The first-order chi connectivity index (χ1) is 8.30. The van der Waals surface area contributed by atoms with Gasteiger partial charge in [0.15, 0.2) is 0 Å². The topological polar surface area (TPSA) is 71.2 Å². The number of hydrogen-bond donors (Lipinski definition) is 3. The van der Waals surface area contributed by atoms with Gasteiger partial charge in [-0.05, 0) is 25.8 Å². The molecule has 4 nitrogen and oxygen atoms in total. The monoisotopic (exact) mass is 263 g/mol. The summed E-state index contributed by atoms with van der Waals surface area (Å²) in [5.41, 5.74) is 4.93. The summed E-state index contributed by atoms with van der Waals surface area (Å²) in [6, 6.07) is 0.887. The Labute approximate surface area is 103 Å². The van der Waals surface area contributed by atoms with Crippen LogP contribution in [0.4, 0.5) is 24.5 Å². The number of aliphatic hydroxyl groups excluding tert-OH is 1. The molecule has 1 unspecified atom stereocenters. The van der Waals surface area contributed by atoms with E-state index in [1.807, 2.05) is 0 Å². The fourth-order valence-electron chi connectivity index (χ4n) is 1.39. The lowest BCUT2D eigenvalue weighted by Crippen LogP contribution is -2.12. The number of aliphatic hydroxyl groups is 1. The van der Waals surface area contributed by atoms with Gasteiger partial charge in [-0.3, -0.25) is 0 Å². The van der Waals surface area contributed by atoms with E-state index >= 15 is 0 Å². The summed E-state index contributed by atoms with van der Waals surface area (Å²) in [7, 11) is 0. The van der Waals surface area contributed by atoms with E-state index in [1.54, 1.807) is 6.92 Å². The number of rotatable bonds is 5. The number of pyridine rings is 1. The molecule has 0 aliphatic carbocycles. The zero-order valence-electron chi connectivity index (χ0n) is 9.96. The normalized spacial score (nSPS) is 13.4. The van der Waals surface area contributed by atoms with Crippen LogP contribution >= 0.6 is 0 Å². The molecule has 7 heteroatoms. The smallest absolute Gasteiger partial charge is 0.396 e. The van der Waals surface area contributed by atoms with Crippen LogP contribution in [0.5, 0.6) is 0 Å². The highest BCUT2D eigenvalue weighted by Gasteiger charge is 2.32. The van der Waals surface area contributed by atoms with Crippen LogP contribution in [-0.4, -0.2) is 22.7 Å². The molecule has 0 spiro atoms. The zero-order chi connectivity index (χ0) is 13.8. The van der Waals surface area contributed by atoms with Gasteiger partial charge in [-0.15, -0.1) is 0 Å². The molecule has 102 valence electrons. The van der Waals surface area contributed by atoms with Crippen molar-refractivity contribution in [3.05, 3.63) is 18.0 Å². The molecule has 18 heavy (non-hydrogen) atoms. The largest absolute Gasteiger partial charge is 0.433 e. The molecule has 0 radical (unpaired) electrons. The maximum Gasteiger partial charge on any atom is 0.433 e. The predicted octanol–water partition coefficient (Wildman–Crippen LogP) is 2.26. The predicted molar refractivity (Wildman–Crippen MR) is 63.1 cm³/mol. The van der Waals surface area contributed by atoms with Gasteiger partial charge in [-0.1, -0.05) is 0 Å². The fraction of sp³-hybridized carbons (Fsp3) is 0.545. The Morgan fingerprint density at radius 3 is 2.72 bits per heavy atom. The minimum Gasteiger partial charge on any atom is -0.396 e. The molecular formula is C11H16F3N3O. The van der Waals surface area contributed by atoms with Gasteiger partial charge in [0, 0.05) is 6.54 Å². The summed E-state index contributed by atoms with van der Waals surface area (Å²) >= 11 is 0. The molecule has 0 amide bonds. The number of halogens is 3. The lowest BCUT2D eigenvalue weighted by molar-refractivity contribution is -0.141. The quantitative estimate of drug-likeness (QED) is 0.712. The number of nitrogens with one attached hydrogen (secondary N) is 1. The van der Waals surface area contributed by atoms with Crippen molar-refractivity contribution in [1.29, 1.82) is 0 Å². The van der Waals surface area contributed by atoms with E-state index in [4.69, 9.17) is 10.8 Å². The molecule has 0 aromatic carbocycles. The van der Waals surface area contributed by atoms with Gasteiger partial charge in [0.05, 0.1) is 23.7 Å². The van der Waals surface area contributed by atoms with Crippen molar-refractivity contribution in [2.75, 3.05) is 17.6 Å². The number of nitrogen functional groups attached to an aromatic ring is 1. The third kappa shape index (κ3) is 4.40. The number of nitrogens with two attached hydrogens (primary N) is 1. The van der Waals surface area contributed by atoms with Gasteiger partial charge < -0.3 is 16.2 Å². The number of anilines is 2. The van der Waals surface area contributed by atoms with Gasteiger partial charge in [0.2, 0.25) is 0 Å². The van der Waals surface area contributed by atoms with Crippen LogP contribution in [0, 0.1) is 0 Å². The average molecular weight is 263 g/mol. The van der Waals surface area contributed by atoms with Gasteiger partial charge in [-0.25, -0.2) is 4.98 Å². The van der Waals surface area contributed by atoms with Crippen LogP contribution in [0.2, 0.25) is 0 Å². The Morgan fingerprint density at radius 2 is 2.17 bits per heavy atom. The molecular weight excluding hydrogens is 247 g/mol. The Balaban J connectivity index is 2.64. The van der Waals surface area contributed by atoms with Gasteiger partial charge >= 0.3 is 6.18 Å². The number of aromatic nitrogens is 1. The van der Waals surface area contributed by atoms with E-state index < -0.39 is 18.0 Å². The summed E-state index contributed by atoms with van der Waals surface area (Å²) in [6.07, 6.45) is -2.71. The summed E-state index contributed by atoms with van der Waals surface area (Å²) in [5, 5.41) is 11.8. The van der Waals surface area contributed by atoms with Crippen LogP contribution in [0.3, 0.4) is 0 Å². The lowest BCUT2D eigenvalue weighted by Gasteiger charge is -2.12. The Kier molecular flexibility index (Phi) is 4.77. The molecule has 0 aliphatic rings. The van der Waals surface area contributed by atoms with E-state index in [1.165, 1.54) is 0 Å². The van der Waals surface area contributed by atoms with Crippen LogP contribution in [0.25, 0.3) is 0 Å². The summed E-state index contributed by atoms with van der Waals surface area (Å²) in [5.74, 6) is 0. The molecule has 4 N–H and O–H groups in total. The fourth-order valence-corrected chi connectivity index (χ4v) is 1.39. The number of hydrogen-bond acceptors (Lipinski definition) is 4. The molecule has 1 heterocycles. The zero-order valence-corrected chi connectivity index (χ0v) is 9.96. The van der Waals surface area contributed by atoms with Crippen molar-refractivity contribution in [3.8, 4) is 0 Å². The Morgan fingerprint density at radius 1 is 1.50 bits per heavy atom. The second-order valence-corrected chi connectivity index (χ2v) is 4.07. The highest BCUT2D eigenvalue weighted by molar-refractivity contribution is 5.65. The Hall–Kier alpha value is -1.50. The van der Waals surface area contributed by atoms with Crippen molar-refractivity contribution < 1.29 is 18.3 Å². The van der Waals surface area contributed by atoms with Crippen molar-refractivity contribution in [2.45, 2.75) is 32.0 Å². The van der Waals surface area contributed by atoms with Crippen molar-refractivity contribution in [3.63, 3.8) is 0 Å². The van der Waals surface area contributed by atoms with E-state index in [0.29, 0.717) is 19.4 Å². The van der Waals surface area contributed by atoms with E-state index in [-0.39, 0.29) is 11.4 Å². The van der Waals surface area contributed by atoms with Crippen LogP contribution in [-0.2, 0) is 6.18 Å². The highest BCUT2D eigenvalue weighted by Crippen LogP contribution is 2.30. The summed E-state index contributed by atoms with van der Waals surface area (Å²) in [4.78, 5) is 3.24. The average Bonchev–Trinajstić information content (AvgIpc) is 2.24. The molecule has 1 atom stereocenters. The third-order valence-corrected chi connectivity index (χ3v) is 2.34. The first kappa shape index (κ1) is 14.6. The number of nitrogens with zero attached hydrogens (tertiary/aromatic N) is 1. The van der Waals surface area contributed by atoms with E-state index in [9.17, 15) is 13.2 Å². The molecule has 1 aromatic heterocycles. The summed E-state index contributed by atoms with van der Waals surface area (Å²) in [6.45, 7) is 2.10. The van der Waals surface area contributed by atoms with Gasteiger partial charge in [0.25, 0.3) is 0 Å². The van der Waals surface area contributed by atoms with Crippen molar-refractivity contribution in [2.24, 2.45) is 0 Å². The number of alkyl halides is 3. The molecule has 1 rings (SSSR count). The van der Waals surface area contributed by atoms with Gasteiger partial charge in [0.1, 0.15) is 5.69 Å². The highest BCUT2D eigenvalue weighted by atomic mass is 19.4. The van der Waals surface area contributed by atoms with E-state index in [0.717, 1.165) is 12.3 Å². The SMILES string of the molecule is CC(O)CCCNc1cc(C(F)(F)F)ncc1N. The van der Waals surface area contributed by atoms with E-state index in [2.05, 4.69) is 10.3 Å². The molecule has 1 aromatic rings. The first-order valence-electron chi connectivity index (χ1n) is 5.55. The second-order valence-electron chi connectivity index (χ2n) is 4.07. The molecule has 0 saturated heterocycles. The first-order valence-corrected chi connectivity index (χ1v) is 5.55. The minimum atomic E-state index is -4.48. The van der Waals surface area contributed by atoms with Crippen LogP contribution < -0.4 is 11.1 Å². The van der Waals surface area contributed by atoms with Crippen molar-refractivity contribution >= 4 is 11.4 Å². The molecule has 0 saturated carbocycles. The standard InChI is InChI=1S/C11H16F3N3O/c1-7(18)3-2-4-16-9-5-10(11(12,13)14)17-6-8(9)15/h5-7,18H,2-4,15H2,1H3,(H,16,17). The van der Waals surface area contributed by atoms with Crippen LogP contribution in [0.1, 0.15) is 25.5 Å². The molecule has 0 fully saturated rings. The maximum absolute atomic E-state index is 12.4. The lowest BCUT2D eigenvalue weighted by atomic mass is 10.2.